The summed E-state index contributed by atoms with van der Waals surface area (Å²) >= 11 is 3.08. The summed E-state index contributed by atoms with van der Waals surface area (Å²) in [6.07, 6.45) is 6.16. The molecule has 134 valence electrons. The van der Waals surface area contributed by atoms with Gasteiger partial charge in [0.1, 0.15) is 17.9 Å². The lowest BCUT2D eigenvalue weighted by atomic mass is 10.0. The van der Waals surface area contributed by atoms with Gasteiger partial charge in [0, 0.05) is 18.4 Å². The predicted octanol–water partition coefficient (Wildman–Crippen LogP) is 4.19. The summed E-state index contributed by atoms with van der Waals surface area (Å²) in [7, 11) is 0. The zero-order valence-electron chi connectivity index (χ0n) is 13.4. The molecule has 0 aliphatic rings. The normalized spacial score (nSPS) is 11.6. The molecule has 1 aromatic carbocycles. The number of halogens is 2. The van der Waals surface area contributed by atoms with Crippen molar-refractivity contribution in [2.75, 3.05) is 0 Å². The molecule has 26 heavy (non-hydrogen) atoms. The predicted molar refractivity (Wildman–Crippen MR) is 95.1 cm³/mol. The van der Waals surface area contributed by atoms with Crippen LogP contribution in [0.25, 0.3) is 0 Å². The van der Waals surface area contributed by atoms with Crippen LogP contribution in [-0.4, -0.2) is 16.8 Å². The number of hydrogen-bond donors (Lipinski definition) is 2. The number of nitrogens with one attached hydrogen (secondary N) is 1. The molecule has 0 radical (unpaired) electrons. The molecule has 2 heterocycles. The molecule has 0 saturated heterocycles. The van der Waals surface area contributed by atoms with Gasteiger partial charge in [-0.25, -0.2) is 9.38 Å². The maximum absolute atomic E-state index is 13.3. The zero-order valence-corrected chi connectivity index (χ0v) is 15.0. The number of ketones is 1. The van der Waals surface area contributed by atoms with Gasteiger partial charge in [0.15, 0.2) is 5.84 Å². The first-order chi connectivity index (χ1) is 12.6. The van der Waals surface area contributed by atoms with Crippen molar-refractivity contribution >= 4 is 33.2 Å². The fourth-order valence-electron chi connectivity index (χ4n) is 2.39. The molecule has 2 aromatic heterocycles. The van der Waals surface area contributed by atoms with E-state index in [1.807, 2.05) is 5.48 Å². The van der Waals surface area contributed by atoms with E-state index in [4.69, 9.17) is 8.83 Å². The van der Waals surface area contributed by atoms with Gasteiger partial charge in [0.25, 0.3) is 0 Å². The molecule has 0 amide bonds. The van der Waals surface area contributed by atoms with Crippen molar-refractivity contribution in [1.82, 2.24) is 5.48 Å². The Labute approximate surface area is 156 Å². The number of Topliss-reactive ketones (excluding diaryl/α,β-unsaturated/α-hetero) is 1. The molecule has 0 aliphatic heterocycles. The summed E-state index contributed by atoms with van der Waals surface area (Å²) in [4.78, 5) is 16.5. The van der Waals surface area contributed by atoms with Gasteiger partial charge in [-0.05, 0) is 45.8 Å². The molecule has 0 spiro atoms. The molecule has 0 unspecified atom stereocenters. The number of hydrogen-bond acceptors (Lipinski definition) is 5. The summed E-state index contributed by atoms with van der Waals surface area (Å²) in [6, 6.07) is 5.91. The zero-order chi connectivity index (χ0) is 18.5. The summed E-state index contributed by atoms with van der Waals surface area (Å²) < 4.78 is 23.7. The average molecular weight is 421 g/mol. The molecule has 3 rings (SSSR count). The second-order valence-corrected chi connectivity index (χ2v) is 6.36. The van der Waals surface area contributed by atoms with Crippen molar-refractivity contribution in [2.24, 2.45) is 4.99 Å². The maximum atomic E-state index is 13.3. The first kappa shape index (κ1) is 18.1. The van der Waals surface area contributed by atoms with Crippen molar-refractivity contribution in [1.29, 1.82) is 0 Å². The Balaban J connectivity index is 1.81. The average Bonchev–Trinajstić information content (AvgIpc) is 3.28. The van der Waals surface area contributed by atoms with Gasteiger partial charge >= 0.3 is 0 Å². The van der Waals surface area contributed by atoms with E-state index < -0.39 is 5.82 Å². The highest BCUT2D eigenvalue weighted by atomic mass is 79.9. The highest BCUT2D eigenvalue weighted by molar-refractivity contribution is 9.10. The standard InChI is InChI=1S/C18H14BrFN2O4/c19-16-7-13(1-2-17(16)20)21-18(22-24)15-10-26-9-12(15)6-14(23)5-11-3-4-25-8-11/h1-4,7-10,24H,5-6H2,(H,21,22). The van der Waals surface area contributed by atoms with E-state index in [1.54, 1.807) is 6.07 Å². The number of aliphatic imine (C=N–C) groups is 1. The summed E-state index contributed by atoms with van der Waals surface area (Å²) in [5.41, 5.74) is 4.20. The third-order valence-electron chi connectivity index (χ3n) is 3.62. The first-order valence-corrected chi connectivity index (χ1v) is 8.38. The number of benzene rings is 1. The second kappa shape index (κ2) is 8.11. The molecular weight excluding hydrogens is 407 g/mol. The number of nitrogens with zero attached hydrogens (tertiary/aromatic N) is 1. The van der Waals surface area contributed by atoms with Crippen LogP contribution in [-0.2, 0) is 17.6 Å². The van der Waals surface area contributed by atoms with Crippen LogP contribution < -0.4 is 5.48 Å². The minimum absolute atomic E-state index is 0.0455. The lowest BCUT2D eigenvalue weighted by Crippen LogP contribution is -2.21. The third kappa shape index (κ3) is 4.27. The monoisotopic (exact) mass is 420 g/mol. The number of hydroxylamine groups is 1. The molecule has 2 N–H and O–H groups in total. The van der Waals surface area contributed by atoms with Crippen LogP contribution in [0.2, 0.25) is 0 Å². The molecule has 0 atom stereocenters. The van der Waals surface area contributed by atoms with Gasteiger partial charge in [-0.2, -0.15) is 0 Å². The fourth-order valence-corrected chi connectivity index (χ4v) is 2.76. The smallest absolute Gasteiger partial charge is 0.160 e. The molecule has 0 bridgehead atoms. The van der Waals surface area contributed by atoms with Crippen LogP contribution in [0.5, 0.6) is 0 Å². The van der Waals surface area contributed by atoms with E-state index in [-0.39, 0.29) is 28.9 Å². The van der Waals surface area contributed by atoms with E-state index in [0.717, 1.165) is 5.56 Å². The highest BCUT2D eigenvalue weighted by Crippen LogP contribution is 2.23. The second-order valence-electron chi connectivity index (χ2n) is 5.51. The molecule has 3 aromatic rings. The maximum Gasteiger partial charge on any atom is 0.160 e. The van der Waals surface area contributed by atoms with E-state index in [1.165, 1.54) is 43.3 Å². The van der Waals surface area contributed by atoms with Crippen LogP contribution in [0.3, 0.4) is 0 Å². The van der Waals surface area contributed by atoms with Crippen molar-refractivity contribution in [3.8, 4) is 0 Å². The summed E-state index contributed by atoms with van der Waals surface area (Å²) in [5, 5.41) is 9.44. The van der Waals surface area contributed by atoms with Crippen LogP contribution in [0, 0.1) is 5.82 Å². The first-order valence-electron chi connectivity index (χ1n) is 7.59. The van der Waals surface area contributed by atoms with Crippen molar-refractivity contribution in [3.05, 3.63) is 76.3 Å². The number of rotatable bonds is 6. The quantitative estimate of drug-likeness (QED) is 0.354. The molecule has 0 saturated carbocycles. The molecule has 6 nitrogen and oxygen atoms in total. The Hall–Kier alpha value is -2.71. The molecule has 0 aliphatic carbocycles. The van der Waals surface area contributed by atoms with Gasteiger partial charge in [-0.3, -0.25) is 15.5 Å². The Morgan fingerprint density at radius 1 is 1.19 bits per heavy atom. The van der Waals surface area contributed by atoms with Crippen LogP contribution >= 0.6 is 15.9 Å². The van der Waals surface area contributed by atoms with Crippen LogP contribution in [0.15, 0.2) is 67.6 Å². The van der Waals surface area contributed by atoms with E-state index >= 15 is 0 Å². The number of carbonyl (C=O) groups is 1. The Bertz CT molecular complexity index is 935. The van der Waals surface area contributed by atoms with Crippen molar-refractivity contribution in [2.45, 2.75) is 12.8 Å². The number of amidine groups is 1. The van der Waals surface area contributed by atoms with Gasteiger partial charge < -0.3 is 8.83 Å². The highest BCUT2D eigenvalue weighted by Gasteiger charge is 2.16. The van der Waals surface area contributed by atoms with Gasteiger partial charge in [-0.15, -0.1) is 0 Å². The molecule has 0 fully saturated rings. The summed E-state index contributed by atoms with van der Waals surface area (Å²) in [6.45, 7) is 0. The fraction of sp³-hybridized carbons (Fsp3) is 0.111. The minimum atomic E-state index is -0.420. The van der Waals surface area contributed by atoms with E-state index in [2.05, 4.69) is 20.9 Å². The third-order valence-corrected chi connectivity index (χ3v) is 4.22. The summed E-state index contributed by atoms with van der Waals surface area (Å²) in [5.74, 6) is -0.379. The SMILES string of the molecule is O=C(Cc1ccoc1)Cc1cocc1C(=Nc1ccc(F)c(Br)c1)NO. The van der Waals surface area contributed by atoms with Crippen LogP contribution in [0.4, 0.5) is 10.1 Å². The van der Waals surface area contributed by atoms with Crippen molar-refractivity contribution in [3.63, 3.8) is 0 Å². The number of furan rings is 2. The number of carbonyl (C=O) groups excluding carboxylic acids is 1. The minimum Gasteiger partial charge on any atom is -0.472 e. The lowest BCUT2D eigenvalue weighted by molar-refractivity contribution is -0.117. The van der Waals surface area contributed by atoms with Gasteiger partial charge in [0.2, 0.25) is 0 Å². The topological polar surface area (TPSA) is 88.0 Å². The van der Waals surface area contributed by atoms with Gasteiger partial charge in [0.05, 0.1) is 34.5 Å². The van der Waals surface area contributed by atoms with E-state index in [9.17, 15) is 14.4 Å². The molecule has 8 heteroatoms. The Kier molecular flexibility index (Phi) is 5.65. The lowest BCUT2D eigenvalue weighted by Gasteiger charge is -2.06. The molecular formula is C18H14BrFN2O4. The largest absolute Gasteiger partial charge is 0.472 e. The van der Waals surface area contributed by atoms with Gasteiger partial charge in [-0.1, -0.05) is 0 Å². The van der Waals surface area contributed by atoms with Crippen molar-refractivity contribution < 1.29 is 23.2 Å². The Morgan fingerprint density at radius 3 is 2.73 bits per heavy atom. The van der Waals surface area contributed by atoms with E-state index in [0.29, 0.717) is 16.8 Å². The Morgan fingerprint density at radius 2 is 2.04 bits per heavy atom. The van der Waals surface area contributed by atoms with Crippen LogP contribution in [0.1, 0.15) is 16.7 Å².